The Morgan fingerprint density at radius 2 is 1.80 bits per heavy atom. The zero-order valence-corrected chi connectivity index (χ0v) is 20.2. The second kappa shape index (κ2) is 9.92. The lowest BCUT2D eigenvalue weighted by atomic mass is 10.2. The number of aryl methyl sites for hydroxylation is 1. The third-order valence-corrected chi connectivity index (χ3v) is 7.98. The third-order valence-electron chi connectivity index (χ3n) is 5.28. The van der Waals surface area contributed by atoms with Crippen molar-refractivity contribution in [3.63, 3.8) is 0 Å². The predicted molar refractivity (Wildman–Crippen MR) is 133 cm³/mol. The van der Waals surface area contributed by atoms with E-state index in [1.807, 2.05) is 35.2 Å². The molecule has 2 heterocycles. The van der Waals surface area contributed by atoms with E-state index < -0.39 is 0 Å². The Morgan fingerprint density at radius 1 is 1.03 bits per heavy atom. The van der Waals surface area contributed by atoms with E-state index >= 15 is 0 Å². The molecule has 0 fully saturated rings. The summed E-state index contributed by atoms with van der Waals surface area (Å²) in [6.07, 6.45) is 6.94. The molecule has 0 amide bonds. The van der Waals surface area contributed by atoms with E-state index in [-0.39, 0.29) is 0 Å². The zero-order valence-electron chi connectivity index (χ0n) is 17.0. The van der Waals surface area contributed by atoms with Crippen LogP contribution >= 0.6 is 46.3 Å². The Kier molecular flexibility index (Phi) is 7.27. The summed E-state index contributed by atoms with van der Waals surface area (Å²) in [5.74, 6) is 0. The lowest BCUT2D eigenvalue weighted by molar-refractivity contribution is -0.669. The minimum absolute atomic E-state index is 0.774. The Hall–Kier alpha value is -1.24. The highest BCUT2D eigenvalue weighted by atomic mass is 35.5. The first kappa shape index (κ1) is 22.0. The highest BCUT2D eigenvalue weighted by molar-refractivity contribution is 8.03. The van der Waals surface area contributed by atoms with Crippen molar-refractivity contribution in [1.29, 1.82) is 0 Å². The third kappa shape index (κ3) is 4.66. The number of thiazole rings is 1. The smallest absolute Gasteiger partial charge is 0.265 e. The molecule has 0 unspecified atom stereocenters. The number of thioether (sulfide) groups is 1. The quantitative estimate of drug-likeness (QED) is 0.281. The molecule has 0 saturated carbocycles. The zero-order chi connectivity index (χ0) is 21.1. The molecule has 4 rings (SSSR count). The Morgan fingerprint density at radius 3 is 2.60 bits per heavy atom. The molecule has 7 heteroatoms. The van der Waals surface area contributed by atoms with Crippen molar-refractivity contribution < 1.29 is 4.57 Å². The van der Waals surface area contributed by atoms with Gasteiger partial charge in [0.25, 0.3) is 5.01 Å². The minimum Gasteiger partial charge on any atom is -0.335 e. The van der Waals surface area contributed by atoms with Crippen molar-refractivity contribution in [3.05, 3.63) is 56.5 Å². The van der Waals surface area contributed by atoms with E-state index in [4.69, 9.17) is 28.9 Å². The summed E-state index contributed by atoms with van der Waals surface area (Å²) in [5, 5.41) is 4.05. The molecule has 1 aliphatic heterocycles. The average molecular weight is 480 g/mol. The molecule has 2 N–H and O–H groups in total. The topological polar surface area (TPSA) is 33.1 Å². The first-order chi connectivity index (χ1) is 14.6. The van der Waals surface area contributed by atoms with E-state index in [1.165, 1.54) is 43.7 Å². The molecular formula is C23H26Cl2N3S2+. The van der Waals surface area contributed by atoms with Crippen LogP contribution in [0.5, 0.6) is 0 Å². The molecule has 0 spiro atoms. The van der Waals surface area contributed by atoms with Crippen LogP contribution < -0.4 is 15.2 Å². The second-order valence-electron chi connectivity index (χ2n) is 7.35. The van der Waals surface area contributed by atoms with Crippen LogP contribution in [-0.4, -0.2) is 13.1 Å². The summed E-state index contributed by atoms with van der Waals surface area (Å²) >= 11 is 16.2. The van der Waals surface area contributed by atoms with Gasteiger partial charge in [0, 0.05) is 34.0 Å². The number of fused-ring (bicyclic) bond motifs is 2. The molecule has 0 bridgehead atoms. The summed E-state index contributed by atoms with van der Waals surface area (Å²) in [7, 11) is 0. The molecule has 0 atom stereocenters. The number of halogens is 2. The molecule has 0 aliphatic carbocycles. The van der Waals surface area contributed by atoms with Crippen LogP contribution in [-0.2, 0) is 6.54 Å². The molecule has 0 saturated heterocycles. The van der Waals surface area contributed by atoms with Crippen LogP contribution in [0.2, 0.25) is 10.0 Å². The summed E-state index contributed by atoms with van der Waals surface area (Å²) in [4.78, 5) is 3.60. The predicted octanol–water partition coefficient (Wildman–Crippen LogP) is 6.95. The van der Waals surface area contributed by atoms with Gasteiger partial charge in [-0.25, -0.2) is 0 Å². The number of nitrogens with two attached hydrogens (primary N) is 1. The van der Waals surface area contributed by atoms with Gasteiger partial charge in [-0.15, -0.1) is 0 Å². The summed E-state index contributed by atoms with van der Waals surface area (Å²) in [6.45, 7) is 4.85. The Labute approximate surface area is 196 Å². The monoisotopic (exact) mass is 478 g/mol. The van der Waals surface area contributed by atoms with E-state index in [0.717, 1.165) is 42.5 Å². The Bertz CT molecular complexity index is 1080. The van der Waals surface area contributed by atoms with Gasteiger partial charge in [0.05, 0.1) is 16.8 Å². The molecular weight excluding hydrogens is 453 g/mol. The number of rotatable bonds is 8. The SMILES string of the molecule is CCN1C(=Cc2sc3ccc(Cl)cc3[n+]2CCCCCCN)Sc2ccc(Cl)cc21. The lowest BCUT2D eigenvalue weighted by Gasteiger charge is -2.17. The summed E-state index contributed by atoms with van der Waals surface area (Å²) < 4.78 is 3.69. The molecule has 30 heavy (non-hydrogen) atoms. The summed E-state index contributed by atoms with van der Waals surface area (Å²) in [5.41, 5.74) is 8.05. The van der Waals surface area contributed by atoms with E-state index in [0.29, 0.717) is 0 Å². The van der Waals surface area contributed by atoms with E-state index in [9.17, 15) is 0 Å². The van der Waals surface area contributed by atoms with Crippen molar-refractivity contribution in [3.8, 4) is 0 Å². The first-order valence-electron chi connectivity index (χ1n) is 10.4. The second-order valence-corrected chi connectivity index (χ2v) is 10.3. The number of nitrogens with zero attached hydrogens (tertiary/aromatic N) is 2. The Balaban J connectivity index is 1.68. The normalized spacial score (nSPS) is 14.8. The van der Waals surface area contributed by atoms with Gasteiger partial charge in [0.15, 0.2) is 6.54 Å². The van der Waals surface area contributed by atoms with Gasteiger partial charge < -0.3 is 10.6 Å². The van der Waals surface area contributed by atoms with Gasteiger partial charge in [-0.1, -0.05) is 52.7 Å². The highest BCUT2D eigenvalue weighted by Gasteiger charge is 2.27. The number of anilines is 1. The molecule has 0 radical (unpaired) electrons. The molecule has 1 aliphatic rings. The maximum Gasteiger partial charge on any atom is 0.265 e. The van der Waals surface area contributed by atoms with Crippen LogP contribution in [0.4, 0.5) is 5.69 Å². The van der Waals surface area contributed by atoms with Crippen molar-refractivity contribution in [2.45, 2.75) is 44.0 Å². The number of unbranched alkanes of at least 4 members (excludes halogenated alkanes) is 3. The number of aromatic nitrogens is 1. The fourth-order valence-electron chi connectivity index (χ4n) is 3.79. The van der Waals surface area contributed by atoms with Gasteiger partial charge in [-0.3, -0.25) is 0 Å². The van der Waals surface area contributed by atoms with Gasteiger partial charge >= 0.3 is 0 Å². The van der Waals surface area contributed by atoms with Crippen LogP contribution in [0.25, 0.3) is 16.3 Å². The van der Waals surface area contributed by atoms with Crippen molar-refractivity contribution >= 4 is 68.3 Å². The van der Waals surface area contributed by atoms with Crippen LogP contribution in [0.1, 0.15) is 37.6 Å². The number of benzene rings is 2. The average Bonchev–Trinajstić information content (AvgIpc) is 3.24. The highest BCUT2D eigenvalue weighted by Crippen LogP contribution is 2.47. The van der Waals surface area contributed by atoms with Crippen molar-refractivity contribution in [2.24, 2.45) is 5.73 Å². The molecule has 158 valence electrons. The standard InChI is InChI=1S/C23H26Cl2N3S2/c1-2-27-18-13-16(24)7-9-20(18)29-22(27)15-23-28(12-6-4-3-5-11-26)19-14-17(25)8-10-21(19)30-23/h7-10,13-15H,2-6,11-12,26H2,1H3/q+1. The van der Waals surface area contributed by atoms with Crippen LogP contribution in [0.15, 0.2) is 46.3 Å². The number of hydrogen-bond acceptors (Lipinski definition) is 4. The maximum absolute atomic E-state index is 6.33. The van der Waals surface area contributed by atoms with Crippen molar-refractivity contribution in [1.82, 2.24) is 0 Å². The fourth-order valence-corrected chi connectivity index (χ4v) is 6.45. The van der Waals surface area contributed by atoms with Gasteiger partial charge in [-0.05, 0) is 56.6 Å². The van der Waals surface area contributed by atoms with Gasteiger partial charge in [0.1, 0.15) is 4.70 Å². The molecule has 3 aromatic rings. The van der Waals surface area contributed by atoms with Gasteiger partial charge in [-0.2, -0.15) is 4.57 Å². The molecule has 1 aromatic heterocycles. The fraction of sp³-hybridized carbons (Fsp3) is 0.348. The summed E-state index contributed by atoms with van der Waals surface area (Å²) in [6, 6.07) is 12.3. The van der Waals surface area contributed by atoms with E-state index in [2.05, 4.69) is 46.7 Å². The lowest BCUT2D eigenvalue weighted by Crippen LogP contribution is -2.35. The van der Waals surface area contributed by atoms with Crippen LogP contribution in [0, 0.1) is 0 Å². The van der Waals surface area contributed by atoms with Crippen molar-refractivity contribution in [2.75, 3.05) is 18.0 Å². The van der Waals surface area contributed by atoms with Crippen LogP contribution in [0.3, 0.4) is 0 Å². The van der Waals surface area contributed by atoms with E-state index in [1.54, 1.807) is 0 Å². The van der Waals surface area contributed by atoms with Gasteiger partial charge in [0.2, 0.25) is 5.52 Å². The minimum atomic E-state index is 0.774. The molecule has 2 aromatic carbocycles. The molecule has 3 nitrogen and oxygen atoms in total. The first-order valence-corrected chi connectivity index (χ1v) is 12.8. The largest absolute Gasteiger partial charge is 0.335 e. The maximum atomic E-state index is 6.33. The number of hydrogen-bond donors (Lipinski definition) is 1.